The fraction of sp³-hybridized carbons (Fsp3) is 0.545. The molecule has 2 aromatic carbocycles. The summed E-state index contributed by atoms with van der Waals surface area (Å²) in [6.45, 7) is 18.8. The largest absolute Gasteiger partial charge is 0.465 e. The number of ether oxygens (including phenoxy) is 2. The van der Waals surface area contributed by atoms with E-state index in [0.29, 0.717) is 6.42 Å². The summed E-state index contributed by atoms with van der Waals surface area (Å²) in [5.74, 6) is -2.12. The number of hydrogen-bond donors (Lipinski definition) is 0. The van der Waals surface area contributed by atoms with Crippen molar-refractivity contribution >= 4 is 60.6 Å². The van der Waals surface area contributed by atoms with Gasteiger partial charge < -0.3 is 9.47 Å². The topological polar surface area (TPSA) is 69.7 Å². The molecule has 0 aliphatic carbocycles. The van der Waals surface area contributed by atoms with Crippen LogP contribution in [0.15, 0.2) is 45.3 Å². The van der Waals surface area contributed by atoms with E-state index in [1.54, 1.807) is 13.8 Å². The second-order valence-electron chi connectivity index (χ2n) is 12.0. The van der Waals surface area contributed by atoms with Crippen molar-refractivity contribution in [2.45, 2.75) is 92.4 Å². The van der Waals surface area contributed by atoms with Crippen molar-refractivity contribution in [1.82, 2.24) is 0 Å². The van der Waals surface area contributed by atoms with Gasteiger partial charge in [0.05, 0.1) is 13.2 Å². The standard InChI is InChI=1S/C18H25BrO4.C15H20BrClO/c1-6-22-16(20)14(17(21)23-7-2)10-12-8-9-13(11-15(12)19)18(3,4)5;1-5-10(14(17)18)8-11-6-7-12(9-13(11)16)15(2,3)4/h8-9,11,14H,6-7,10H2,1-5H3;6-7,9-10H,5,8H2,1-4H3. The number of rotatable bonds is 10. The van der Waals surface area contributed by atoms with Gasteiger partial charge in [0.1, 0.15) is 0 Å². The van der Waals surface area contributed by atoms with Crippen LogP contribution >= 0.6 is 43.5 Å². The number of carbonyl (C=O) groups is 3. The van der Waals surface area contributed by atoms with Crippen LogP contribution in [0, 0.1) is 11.8 Å². The highest BCUT2D eigenvalue weighted by atomic mass is 79.9. The van der Waals surface area contributed by atoms with Crippen LogP contribution in [0.2, 0.25) is 0 Å². The fourth-order valence-electron chi connectivity index (χ4n) is 3.98. The van der Waals surface area contributed by atoms with Crippen LogP contribution in [0.25, 0.3) is 0 Å². The lowest BCUT2D eigenvalue weighted by atomic mass is 9.86. The van der Waals surface area contributed by atoms with E-state index in [9.17, 15) is 14.4 Å². The van der Waals surface area contributed by atoms with Crippen molar-refractivity contribution in [1.29, 1.82) is 0 Å². The molecule has 0 amide bonds. The summed E-state index contributed by atoms with van der Waals surface area (Å²) >= 11 is 12.7. The molecule has 1 atom stereocenters. The molecule has 0 saturated heterocycles. The second kappa shape index (κ2) is 16.8. The third-order valence-corrected chi connectivity index (χ3v) is 8.47. The Hall–Kier alpha value is -1.70. The van der Waals surface area contributed by atoms with Gasteiger partial charge in [0, 0.05) is 14.9 Å². The molecule has 0 fully saturated rings. The lowest BCUT2D eigenvalue weighted by Crippen LogP contribution is -2.30. The number of esters is 2. The first-order chi connectivity index (χ1) is 19.0. The molecule has 5 nitrogen and oxygen atoms in total. The van der Waals surface area contributed by atoms with Crippen molar-refractivity contribution in [2.24, 2.45) is 11.8 Å². The maximum Gasteiger partial charge on any atom is 0.320 e. The molecule has 0 aliphatic rings. The van der Waals surface area contributed by atoms with Gasteiger partial charge in [-0.25, -0.2) is 0 Å². The first-order valence-corrected chi connectivity index (χ1v) is 16.0. The van der Waals surface area contributed by atoms with Gasteiger partial charge in [0.2, 0.25) is 5.24 Å². The molecule has 0 aromatic heterocycles. The molecule has 0 heterocycles. The molecule has 228 valence electrons. The quantitative estimate of drug-likeness (QED) is 0.139. The third kappa shape index (κ3) is 12.2. The third-order valence-electron chi connectivity index (χ3n) is 6.68. The van der Waals surface area contributed by atoms with Crippen LogP contribution in [-0.4, -0.2) is 30.4 Å². The van der Waals surface area contributed by atoms with Crippen molar-refractivity contribution in [3.8, 4) is 0 Å². The average molecular weight is 717 g/mol. The van der Waals surface area contributed by atoms with Gasteiger partial charge in [-0.15, -0.1) is 0 Å². The van der Waals surface area contributed by atoms with E-state index < -0.39 is 17.9 Å². The van der Waals surface area contributed by atoms with Gasteiger partial charge in [0.15, 0.2) is 5.92 Å². The molecule has 1 unspecified atom stereocenters. The summed E-state index contributed by atoms with van der Waals surface area (Å²) in [7, 11) is 0. The summed E-state index contributed by atoms with van der Waals surface area (Å²) in [4.78, 5) is 35.4. The van der Waals surface area contributed by atoms with Crippen LogP contribution in [0.1, 0.15) is 91.0 Å². The van der Waals surface area contributed by atoms with Crippen LogP contribution in [0.5, 0.6) is 0 Å². The van der Waals surface area contributed by atoms with Crippen molar-refractivity contribution < 1.29 is 23.9 Å². The molecule has 0 radical (unpaired) electrons. The van der Waals surface area contributed by atoms with Crippen LogP contribution in [-0.2, 0) is 47.5 Å². The fourth-order valence-corrected chi connectivity index (χ4v) is 5.29. The SMILES string of the molecule is CCC(Cc1ccc(C(C)(C)C)cc1Br)C(=O)Cl.CCOC(=O)C(Cc1ccc(C(C)(C)C)cc1Br)C(=O)OCC. The minimum absolute atomic E-state index is 0.0305. The minimum atomic E-state index is -0.938. The number of benzene rings is 2. The van der Waals surface area contributed by atoms with Crippen LogP contribution in [0.4, 0.5) is 0 Å². The molecular weight excluding hydrogens is 672 g/mol. The van der Waals surface area contributed by atoms with Crippen LogP contribution in [0.3, 0.4) is 0 Å². The normalized spacial score (nSPS) is 12.3. The first-order valence-electron chi connectivity index (χ1n) is 14.1. The zero-order valence-corrected chi connectivity index (χ0v) is 29.8. The van der Waals surface area contributed by atoms with Crippen molar-refractivity contribution in [3.63, 3.8) is 0 Å². The van der Waals surface area contributed by atoms with Gasteiger partial charge in [-0.2, -0.15) is 0 Å². The van der Waals surface area contributed by atoms with E-state index in [-0.39, 0.29) is 41.6 Å². The summed E-state index contributed by atoms with van der Waals surface area (Å²) < 4.78 is 12.0. The molecule has 0 bridgehead atoms. The second-order valence-corrected chi connectivity index (χ2v) is 14.1. The van der Waals surface area contributed by atoms with Gasteiger partial charge in [-0.05, 0) is 89.9 Å². The average Bonchev–Trinajstić information content (AvgIpc) is 2.86. The smallest absolute Gasteiger partial charge is 0.320 e. The zero-order chi connectivity index (χ0) is 31.5. The Morgan fingerprint density at radius 2 is 1.12 bits per heavy atom. The highest BCUT2D eigenvalue weighted by molar-refractivity contribution is 9.10. The lowest BCUT2D eigenvalue weighted by molar-refractivity contribution is -0.161. The monoisotopic (exact) mass is 714 g/mol. The molecule has 2 aromatic rings. The van der Waals surface area contributed by atoms with Gasteiger partial charge >= 0.3 is 11.9 Å². The molecule has 0 spiro atoms. The minimum Gasteiger partial charge on any atom is -0.465 e. The Morgan fingerprint density at radius 1 is 0.732 bits per heavy atom. The molecule has 41 heavy (non-hydrogen) atoms. The maximum atomic E-state index is 12.1. The highest BCUT2D eigenvalue weighted by Gasteiger charge is 2.30. The first kappa shape index (κ1) is 37.3. The molecule has 0 saturated carbocycles. The van der Waals surface area contributed by atoms with E-state index in [4.69, 9.17) is 21.1 Å². The highest BCUT2D eigenvalue weighted by Crippen LogP contribution is 2.30. The Kier molecular flexibility index (Phi) is 15.3. The maximum absolute atomic E-state index is 12.1. The summed E-state index contributed by atoms with van der Waals surface area (Å²) in [6.07, 6.45) is 1.72. The zero-order valence-electron chi connectivity index (χ0n) is 25.8. The van der Waals surface area contributed by atoms with Gasteiger partial charge in [-0.1, -0.05) is 105 Å². The Balaban J connectivity index is 0.000000422. The molecular formula is C33H45Br2ClO5. The van der Waals surface area contributed by atoms with E-state index in [1.165, 1.54) is 11.1 Å². The number of hydrogen-bond acceptors (Lipinski definition) is 5. The Labute approximate surface area is 268 Å². The summed E-state index contributed by atoms with van der Waals surface area (Å²) in [5, 5.41) is -0.246. The Bertz CT molecular complexity index is 1160. The number of carbonyl (C=O) groups excluding carboxylic acids is 3. The van der Waals surface area contributed by atoms with E-state index in [0.717, 1.165) is 26.5 Å². The van der Waals surface area contributed by atoms with Gasteiger partial charge in [0.25, 0.3) is 0 Å². The van der Waals surface area contributed by atoms with E-state index in [1.807, 2.05) is 25.1 Å². The summed E-state index contributed by atoms with van der Waals surface area (Å²) in [5.41, 5.74) is 4.64. The predicted molar refractivity (Wildman–Crippen MR) is 174 cm³/mol. The van der Waals surface area contributed by atoms with Crippen LogP contribution < -0.4 is 0 Å². The summed E-state index contributed by atoms with van der Waals surface area (Å²) in [6, 6.07) is 12.4. The molecule has 0 N–H and O–H groups in total. The molecule has 2 rings (SSSR count). The lowest BCUT2D eigenvalue weighted by Gasteiger charge is -2.21. The molecule has 8 heteroatoms. The van der Waals surface area contributed by atoms with E-state index >= 15 is 0 Å². The molecule has 0 aliphatic heterocycles. The van der Waals surface area contributed by atoms with Gasteiger partial charge in [-0.3, -0.25) is 14.4 Å². The van der Waals surface area contributed by atoms with Crippen molar-refractivity contribution in [2.75, 3.05) is 13.2 Å². The van der Waals surface area contributed by atoms with E-state index in [2.05, 4.69) is 91.6 Å². The van der Waals surface area contributed by atoms with Crippen molar-refractivity contribution in [3.05, 3.63) is 67.6 Å². The number of halogens is 3. The predicted octanol–water partition coefficient (Wildman–Crippen LogP) is 9.11. The Morgan fingerprint density at radius 3 is 1.41 bits per heavy atom.